The van der Waals surface area contributed by atoms with Gasteiger partial charge in [-0.2, -0.15) is 0 Å². The van der Waals surface area contributed by atoms with Crippen LogP contribution in [0.15, 0.2) is 30.6 Å². The van der Waals surface area contributed by atoms with Gasteiger partial charge in [0.05, 0.1) is 30.4 Å². The van der Waals surface area contributed by atoms with Gasteiger partial charge in [-0.15, -0.1) is 0 Å². The van der Waals surface area contributed by atoms with E-state index in [1.807, 2.05) is 0 Å². The van der Waals surface area contributed by atoms with E-state index in [4.69, 9.17) is 16.3 Å². The molecule has 8 heteroatoms. The largest absolute Gasteiger partial charge is 0.493 e. The van der Waals surface area contributed by atoms with Crippen molar-refractivity contribution >= 4 is 23.5 Å². The molecule has 1 aromatic heterocycles. The van der Waals surface area contributed by atoms with Crippen LogP contribution in [0.25, 0.3) is 0 Å². The molecule has 2 saturated heterocycles. The van der Waals surface area contributed by atoms with Crippen LogP contribution in [-0.2, 0) is 11.2 Å². The Hall–Kier alpha value is -2.41. The van der Waals surface area contributed by atoms with Gasteiger partial charge in [-0.25, -0.2) is 14.4 Å². The smallest absolute Gasteiger partial charge is 0.227 e. The molecule has 3 fully saturated rings. The summed E-state index contributed by atoms with van der Waals surface area (Å²) in [7, 11) is 0. The summed E-state index contributed by atoms with van der Waals surface area (Å²) in [5.74, 6) is 3.71. The van der Waals surface area contributed by atoms with Gasteiger partial charge < -0.3 is 14.5 Å². The number of rotatable bonds is 8. The highest BCUT2D eigenvalue weighted by atomic mass is 35.5. The molecule has 3 aliphatic rings. The Morgan fingerprint density at radius 1 is 1.21 bits per heavy atom. The maximum Gasteiger partial charge on any atom is 0.227 e. The molecule has 1 saturated carbocycles. The zero-order valence-corrected chi connectivity index (χ0v) is 20.4. The Labute approximate surface area is 205 Å². The fraction of sp³-hybridized carbons (Fsp3) is 0.577. The summed E-state index contributed by atoms with van der Waals surface area (Å²) in [6.07, 6.45) is 8.01. The highest BCUT2D eigenvalue weighted by Gasteiger charge is 2.43. The van der Waals surface area contributed by atoms with Crippen LogP contribution in [-0.4, -0.2) is 53.6 Å². The summed E-state index contributed by atoms with van der Waals surface area (Å²) < 4.78 is 20.3. The number of carbonyl (C=O) groups is 1. The van der Waals surface area contributed by atoms with Crippen LogP contribution in [0, 0.1) is 29.5 Å². The van der Waals surface area contributed by atoms with Crippen LogP contribution >= 0.6 is 11.6 Å². The van der Waals surface area contributed by atoms with E-state index < -0.39 is 0 Å². The number of likely N-dealkylation sites (tertiary alicyclic amines) is 1. The van der Waals surface area contributed by atoms with Crippen molar-refractivity contribution < 1.29 is 13.9 Å². The molecule has 34 heavy (non-hydrogen) atoms. The lowest BCUT2D eigenvalue weighted by atomic mass is 9.90. The number of halogens is 2. The normalized spacial score (nSPS) is 23.0. The summed E-state index contributed by atoms with van der Waals surface area (Å²) >= 11 is 5.89. The highest BCUT2D eigenvalue weighted by molar-refractivity contribution is 6.30. The third-order valence-corrected chi connectivity index (χ3v) is 7.75. The topological polar surface area (TPSA) is 58.6 Å². The lowest BCUT2D eigenvalue weighted by molar-refractivity contribution is -0.136. The highest BCUT2D eigenvalue weighted by Crippen LogP contribution is 2.49. The van der Waals surface area contributed by atoms with E-state index >= 15 is 0 Å². The quantitative estimate of drug-likeness (QED) is 0.545. The molecule has 2 aromatic rings. The summed E-state index contributed by atoms with van der Waals surface area (Å²) in [6.45, 7) is 6.23. The Morgan fingerprint density at radius 2 is 1.94 bits per heavy atom. The first-order chi connectivity index (χ1) is 16.5. The summed E-state index contributed by atoms with van der Waals surface area (Å²) in [4.78, 5) is 24.9. The van der Waals surface area contributed by atoms with Gasteiger partial charge in [-0.1, -0.05) is 24.6 Å². The molecule has 3 heterocycles. The second kappa shape index (κ2) is 10.1. The standard InChI is InChI=1S/C26H32ClFN4O2/c1-17-15-32(16-17)25(33)11-20-2-3-22(12-24(20)28)34-9-6-19-10-23(19)18-4-7-31(8-5-18)26-29-13-21(27)14-30-26/h2-3,12-14,17-19,23H,4-11,15-16H2,1H3/t19-,23-/m0/s1. The van der Waals surface area contributed by atoms with Crippen LogP contribution < -0.4 is 9.64 Å². The summed E-state index contributed by atoms with van der Waals surface area (Å²) in [5, 5.41) is 0.562. The Kier molecular flexibility index (Phi) is 6.91. The van der Waals surface area contributed by atoms with E-state index in [1.54, 1.807) is 29.4 Å². The van der Waals surface area contributed by atoms with Gasteiger partial charge in [0.15, 0.2) is 0 Å². The molecule has 2 atom stereocenters. The van der Waals surface area contributed by atoms with Gasteiger partial charge in [-0.05, 0) is 61.0 Å². The van der Waals surface area contributed by atoms with Crippen molar-refractivity contribution in [1.82, 2.24) is 14.9 Å². The van der Waals surface area contributed by atoms with E-state index in [2.05, 4.69) is 21.8 Å². The van der Waals surface area contributed by atoms with Crippen molar-refractivity contribution in [3.63, 3.8) is 0 Å². The first-order valence-electron chi connectivity index (χ1n) is 12.4. The van der Waals surface area contributed by atoms with Crippen LogP contribution in [0.1, 0.15) is 38.2 Å². The number of benzene rings is 1. The molecule has 182 valence electrons. The van der Waals surface area contributed by atoms with Gasteiger partial charge in [-0.3, -0.25) is 4.79 Å². The Morgan fingerprint density at radius 3 is 2.62 bits per heavy atom. The Bertz CT molecular complexity index is 1010. The fourth-order valence-corrected chi connectivity index (χ4v) is 5.54. The molecule has 1 aromatic carbocycles. The lowest BCUT2D eigenvalue weighted by Gasteiger charge is -2.37. The van der Waals surface area contributed by atoms with Gasteiger partial charge >= 0.3 is 0 Å². The van der Waals surface area contributed by atoms with E-state index in [1.165, 1.54) is 12.5 Å². The van der Waals surface area contributed by atoms with E-state index in [-0.39, 0.29) is 18.1 Å². The number of nitrogens with zero attached hydrogens (tertiary/aromatic N) is 4. The predicted molar refractivity (Wildman–Crippen MR) is 130 cm³/mol. The number of amides is 1. The molecule has 0 N–H and O–H groups in total. The van der Waals surface area contributed by atoms with Crippen molar-refractivity contribution in [2.45, 2.75) is 39.0 Å². The fourth-order valence-electron chi connectivity index (χ4n) is 5.44. The van der Waals surface area contributed by atoms with Crippen LogP contribution in [0.3, 0.4) is 0 Å². The van der Waals surface area contributed by atoms with Gasteiger partial charge in [0.2, 0.25) is 11.9 Å². The predicted octanol–water partition coefficient (Wildman–Crippen LogP) is 4.61. The number of aromatic nitrogens is 2. The maximum atomic E-state index is 14.5. The van der Waals surface area contributed by atoms with Crippen LogP contribution in [0.4, 0.5) is 10.3 Å². The average molecular weight is 487 g/mol. The molecule has 0 unspecified atom stereocenters. The molecule has 1 amide bonds. The second-order valence-corrected chi connectivity index (χ2v) is 10.6. The molecule has 0 radical (unpaired) electrons. The minimum absolute atomic E-state index is 0.00281. The van der Waals surface area contributed by atoms with E-state index in [0.717, 1.165) is 63.2 Å². The summed E-state index contributed by atoms with van der Waals surface area (Å²) in [5.41, 5.74) is 0.439. The monoisotopic (exact) mass is 486 g/mol. The Balaban J connectivity index is 1.02. The van der Waals surface area contributed by atoms with Gasteiger partial charge in [0.25, 0.3) is 0 Å². The molecule has 0 spiro atoms. The minimum Gasteiger partial charge on any atom is -0.493 e. The molecular formula is C26H32ClFN4O2. The molecule has 0 bridgehead atoms. The summed E-state index contributed by atoms with van der Waals surface area (Å²) in [6, 6.07) is 4.88. The van der Waals surface area contributed by atoms with Crippen molar-refractivity contribution in [3.05, 3.63) is 47.0 Å². The van der Waals surface area contributed by atoms with Crippen molar-refractivity contribution in [2.75, 3.05) is 37.7 Å². The van der Waals surface area contributed by atoms with Crippen molar-refractivity contribution in [2.24, 2.45) is 23.7 Å². The van der Waals surface area contributed by atoms with Crippen LogP contribution in [0.5, 0.6) is 5.75 Å². The number of anilines is 1. The number of hydrogen-bond donors (Lipinski definition) is 0. The minimum atomic E-state index is -0.361. The van der Waals surface area contributed by atoms with E-state index in [0.29, 0.717) is 34.8 Å². The molecule has 5 rings (SSSR count). The molecule has 2 aliphatic heterocycles. The second-order valence-electron chi connectivity index (χ2n) is 10.2. The van der Waals surface area contributed by atoms with Gasteiger partial charge in [0.1, 0.15) is 11.6 Å². The van der Waals surface area contributed by atoms with Gasteiger partial charge in [0, 0.05) is 32.2 Å². The van der Waals surface area contributed by atoms with E-state index in [9.17, 15) is 9.18 Å². The number of piperidine rings is 1. The first kappa shape index (κ1) is 23.3. The van der Waals surface area contributed by atoms with Crippen molar-refractivity contribution in [1.29, 1.82) is 0 Å². The molecule has 6 nitrogen and oxygen atoms in total. The SMILES string of the molecule is CC1CN(C(=O)Cc2ccc(OCC[C@H]3C[C@H]3C3CCN(c4ncc(Cl)cn4)CC3)cc2F)C1. The third-order valence-electron chi connectivity index (χ3n) is 7.55. The number of hydrogen-bond acceptors (Lipinski definition) is 5. The number of ether oxygens (including phenoxy) is 1. The third kappa shape index (κ3) is 5.45. The lowest BCUT2D eigenvalue weighted by Crippen LogP contribution is -2.49. The zero-order chi connectivity index (χ0) is 23.7. The maximum absolute atomic E-state index is 14.5. The average Bonchev–Trinajstić information content (AvgIpc) is 3.59. The first-order valence-corrected chi connectivity index (χ1v) is 12.8. The van der Waals surface area contributed by atoms with Crippen molar-refractivity contribution in [3.8, 4) is 5.75 Å². The van der Waals surface area contributed by atoms with Crippen LogP contribution in [0.2, 0.25) is 5.02 Å². The number of carbonyl (C=O) groups excluding carboxylic acids is 1. The molecular weight excluding hydrogens is 455 g/mol. The molecule has 1 aliphatic carbocycles. The zero-order valence-electron chi connectivity index (χ0n) is 19.6.